The molecule has 0 unspecified atom stereocenters. The van der Waals surface area contributed by atoms with Crippen molar-refractivity contribution in [2.24, 2.45) is 0 Å². The monoisotopic (exact) mass is 408 g/mol. The number of hydrogen-bond donors (Lipinski definition) is 2. The van der Waals surface area contributed by atoms with Gasteiger partial charge in [-0.3, -0.25) is 14.7 Å². The third-order valence-corrected chi connectivity index (χ3v) is 5.81. The Bertz CT molecular complexity index is 1090. The van der Waals surface area contributed by atoms with Crippen molar-refractivity contribution in [1.29, 1.82) is 0 Å². The van der Waals surface area contributed by atoms with E-state index in [2.05, 4.69) is 27.3 Å². The van der Waals surface area contributed by atoms with Crippen LogP contribution in [0.15, 0.2) is 35.1 Å². The largest absolute Gasteiger partial charge is 0.351 e. The van der Waals surface area contributed by atoms with Crippen LogP contribution in [-0.4, -0.2) is 43.0 Å². The Morgan fingerprint density at radius 3 is 2.80 bits per heavy atom. The summed E-state index contributed by atoms with van der Waals surface area (Å²) in [6, 6.07) is 10.2. The normalized spacial score (nSPS) is 16.7. The molecule has 1 fully saturated rings. The number of piperidine rings is 1. The van der Waals surface area contributed by atoms with E-state index < -0.39 is 0 Å². The predicted octanol–water partition coefficient (Wildman–Crippen LogP) is 2.67. The highest BCUT2D eigenvalue weighted by Crippen LogP contribution is 2.18. The quantitative estimate of drug-likeness (QED) is 0.654. The average Bonchev–Trinajstić information content (AvgIpc) is 3.16. The Balaban J connectivity index is 1.48. The highest BCUT2D eigenvalue weighted by molar-refractivity contribution is 5.76. The lowest BCUT2D eigenvalue weighted by Gasteiger charge is -2.33. The molecule has 3 aromatic rings. The minimum Gasteiger partial charge on any atom is -0.351 e. The molecule has 0 radical (unpaired) electrons. The standard InChI is InChI=1S/C22H28N6O2/c1-15-8-6-7-13-27(15)19(29)12-11-18-16(2)24-22-25-21(26-28(22)20(18)30)23-14-17-9-4-3-5-10-17/h3-5,9-10,15H,6-8,11-14H2,1-2H3,(H2,23,24,25,26)/t15-/m0/s1. The number of likely N-dealkylation sites (tertiary alicyclic amines) is 1. The van der Waals surface area contributed by atoms with E-state index in [-0.39, 0.29) is 17.5 Å². The van der Waals surface area contributed by atoms with Gasteiger partial charge in [0.15, 0.2) is 0 Å². The molecule has 0 saturated carbocycles. The van der Waals surface area contributed by atoms with Crippen LogP contribution in [0.4, 0.5) is 5.95 Å². The Hall–Kier alpha value is -3.16. The molecule has 0 spiro atoms. The number of nitrogens with zero attached hydrogens (tertiary/aromatic N) is 4. The van der Waals surface area contributed by atoms with Crippen molar-refractivity contribution in [3.63, 3.8) is 0 Å². The number of rotatable bonds is 6. The zero-order valence-corrected chi connectivity index (χ0v) is 17.5. The van der Waals surface area contributed by atoms with Crippen molar-refractivity contribution < 1.29 is 4.79 Å². The SMILES string of the molecule is Cc1nc2nc(NCc3ccccc3)[nH]n2c(=O)c1CCC(=O)N1CCCC[C@@H]1C. The molecule has 8 heteroatoms. The minimum absolute atomic E-state index is 0.112. The molecule has 30 heavy (non-hydrogen) atoms. The average molecular weight is 409 g/mol. The van der Waals surface area contributed by atoms with Crippen molar-refractivity contribution in [1.82, 2.24) is 24.5 Å². The summed E-state index contributed by atoms with van der Waals surface area (Å²) in [5.74, 6) is 0.923. The van der Waals surface area contributed by atoms with Crippen LogP contribution in [0.5, 0.6) is 0 Å². The van der Waals surface area contributed by atoms with E-state index in [1.165, 1.54) is 10.9 Å². The Kier molecular flexibility index (Phi) is 5.83. The smallest absolute Gasteiger partial charge is 0.277 e. The van der Waals surface area contributed by atoms with Gasteiger partial charge in [-0.1, -0.05) is 30.3 Å². The zero-order valence-electron chi connectivity index (χ0n) is 17.5. The van der Waals surface area contributed by atoms with Gasteiger partial charge in [-0.2, -0.15) is 9.50 Å². The van der Waals surface area contributed by atoms with E-state index in [0.717, 1.165) is 24.9 Å². The Morgan fingerprint density at radius 2 is 2.03 bits per heavy atom. The molecule has 0 bridgehead atoms. The maximum Gasteiger partial charge on any atom is 0.277 e. The van der Waals surface area contributed by atoms with E-state index in [1.54, 1.807) is 6.92 Å². The molecule has 4 rings (SSSR count). The van der Waals surface area contributed by atoms with Crippen molar-refractivity contribution in [3.05, 3.63) is 57.5 Å². The lowest BCUT2D eigenvalue weighted by atomic mass is 10.0. The summed E-state index contributed by atoms with van der Waals surface area (Å²) in [6.07, 6.45) is 3.98. The molecule has 1 aliphatic rings. The number of nitrogens with one attached hydrogen (secondary N) is 2. The number of fused-ring (bicyclic) bond motifs is 1. The molecule has 1 aliphatic heterocycles. The zero-order chi connectivity index (χ0) is 21.1. The molecular formula is C22H28N6O2. The van der Waals surface area contributed by atoms with E-state index in [4.69, 9.17) is 0 Å². The first-order valence-corrected chi connectivity index (χ1v) is 10.6. The first-order valence-electron chi connectivity index (χ1n) is 10.6. The molecule has 1 aromatic carbocycles. The lowest BCUT2D eigenvalue weighted by molar-refractivity contribution is -0.134. The van der Waals surface area contributed by atoms with Crippen LogP contribution in [0.3, 0.4) is 0 Å². The highest BCUT2D eigenvalue weighted by Gasteiger charge is 2.23. The van der Waals surface area contributed by atoms with Crippen molar-refractivity contribution in [3.8, 4) is 0 Å². The fourth-order valence-electron chi connectivity index (χ4n) is 4.05. The van der Waals surface area contributed by atoms with Crippen LogP contribution in [0.25, 0.3) is 5.78 Å². The van der Waals surface area contributed by atoms with Gasteiger partial charge >= 0.3 is 0 Å². The van der Waals surface area contributed by atoms with Gasteiger partial charge in [0.1, 0.15) is 0 Å². The van der Waals surface area contributed by atoms with E-state index in [0.29, 0.717) is 42.4 Å². The topological polar surface area (TPSA) is 95.4 Å². The van der Waals surface area contributed by atoms with Gasteiger partial charge < -0.3 is 10.2 Å². The number of H-pyrrole nitrogens is 1. The number of anilines is 1. The number of carbonyl (C=O) groups is 1. The van der Waals surface area contributed by atoms with Gasteiger partial charge in [-0.25, -0.2) is 4.98 Å². The fraction of sp³-hybridized carbons (Fsp3) is 0.455. The van der Waals surface area contributed by atoms with Crippen LogP contribution in [0, 0.1) is 6.92 Å². The van der Waals surface area contributed by atoms with E-state index >= 15 is 0 Å². The third-order valence-electron chi connectivity index (χ3n) is 5.81. The van der Waals surface area contributed by atoms with Crippen molar-refractivity contribution in [2.75, 3.05) is 11.9 Å². The molecule has 1 saturated heterocycles. The number of aromatic amines is 1. The number of amides is 1. The summed E-state index contributed by atoms with van der Waals surface area (Å²) in [5, 5.41) is 6.17. The molecule has 1 amide bonds. The Labute approximate surface area is 175 Å². The van der Waals surface area contributed by atoms with Gasteiger partial charge in [0.2, 0.25) is 11.9 Å². The minimum atomic E-state index is -0.197. The summed E-state index contributed by atoms with van der Waals surface area (Å²) in [4.78, 5) is 36.4. The second-order valence-corrected chi connectivity index (χ2v) is 7.96. The summed E-state index contributed by atoms with van der Waals surface area (Å²) >= 11 is 0. The van der Waals surface area contributed by atoms with Crippen LogP contribution in [0.1, 0.15) is 49.4 Å². The molecule has 1 atom stereocenters. The van der Waals surface area contributed by atoms with Gasteiger partial charge in [0, 0.05) is 31.1 Å². The second-order valence-electron chi connectivity index (χ2n) is 7.96. The van der Waals surface area contributed by atoms with Crippen LogP contribution < -0.4 is 10.9 Å². The summed E-state index contributed by atoms with van der Waals surface area (Å²) in [7, 11) is 0. The molecule has 158 valence electrons. The predicted molar refractivity (Wildman–Crippen MR) is 115 cm³/mol. The van der Waals surface area contributed by atoms with Crippen molar-refractivity contribution in [2.45, 2.75) is 58.5 Å². The number of hydrogen-bond acceptors (Lipinski definition) is 5. The number of benzene rings is 1. The molecule has 2 N–H and O–H groups in total. The van der Waals surface area contributed by atoms with Gasteiger partial charge in [0.05, 0.1) is 5.69 Å². The van der Waals surface area contributed by atoms with Gasteiger partial charge in [0.25, 0.3) is 11.3 Å². The Morgan fingerprint density at radius 1 is 1.23 bits per heavy atom. The molecule has 0 aliphatic carbocycles. The molecule has 2 aromatic heterocycles. The first-order chi connectivity index (χ1) is 14.5. The van der Waals surface area contributed by atoms with Crippen LogP contribution in [-0.2, 0) is 17.8 Å². The number of carbonyl (C=O) groups excluding carboxylic acids is 1. The van der Waals surface area contributed by atoms with E-state index in [1.807, 2.05) is 35.2 Å². The highest BCUT2D eigenvalue weighted by atomic mass is 16.2. The molecule has 8 nitrogen and oxygen atoms in total. The van der Waals surface area contributed by atoms with Crippen LogP contribution in [0.2, 0.25) is 0 Å². The number of aryl methyl sites for hydroxylation is 1. The fourth-order valence-corrected chi connectivity index (χ4v) is 4.05. The maximum atomic E-state index is 13.0. The first kappa shape index (κ1) is 20.1. The molecule has 3 heterocycles. The maximum absolute atomic E-state index is 13.0. The van der Waals surface area contributed by atoms with Gasteiger partial charge in [-0.15, -0.1) is 0 Å². The summed E-state index contributed by atoms with van der Waals surface area (Å²) in [6.45, 7) is 5.30. The summed E-state index contributed by atoms with van der Waals surface area (Å²) < 4.78 is 1.35. The van der Waals surface area contributed by atoms with Gasteiger partial charge in [-0.05, 0) is 45.1 Å². The second kappa shape index (κ2) is 8.69. The van der Waals surface area contributed by atoms with Crippen LogP contribution >= 0.6 is 0 Å². The summed E-state index contributed by atoms with van der Waals surface area (Å²) in [5.41, 5.74) is 2.10. The van der Waals surface area contributed by atoms with Crippen molar-refractivity contribution >= 4 is 17.6 Å². The molecular weight excluding hydrogens is 380 g/mol. The lowest BCUT2D eigenvalue weighted by Crippen LogP contribution is -2.42. The third kappa shape index (κ3) is 4.22. The number of aromatic nitrogens is 4. The van der Waals surface area contributed by atoms with E-state index in [9.17, 15) is 9.59 Å².